The first kappa shape index (κ1) is 9.69. The molecule has 0 aliphatic rings. The molecular weight excluding hydrogens is 196 g/mol. The van der Waals surface area contributed by atoms with Crippen LogP contribution in [-0.4, -0.2) is 17.9 Å². The van der Waals surface area contributed by atoms with Crippen molar-refractivity contribution in [3.05, 3.63) is 12.2 Å². The molecule has 0 radical (unpaired) electrons. The summed E-state index contributed by atoms with van der Waals surface area (Å²) >= 11 is 3.20. The molecule has 0 aliphatic carbocycles. The van der Waals surface area contributed by atoms with Crippen molar-refractivity contribution in [3.8, 4) is 0 Å². The van der Waals surface area contributed by atoms with E-state index >= 15 is 0 Å². The normalized spacial score (nSPS) is 10.2. The fourth-order valence-corrected chi connectivity index (χ4v) is 0.727. The monoisotopic (exact) mass is 206 g/mol. The number of rotatable bonds is 4. The average molecular weight is 207 g/mol. The van der Waals surface area contributed by atoms with Crippen molar-refractivity contribution < 1.29 is 9.53 Å². The van der Waals surface area contributed by atoms with Crippen LogP contribution in [0, 0.1) is 0 Å². The van der Waals surface area contributed by atoms with Crippen LogP contribution in [0.2, 0.25) is 0 Å². The lowest BCUT2D eigenvalue weighted by atomic mass is 10.4. The van der Waals surface area contributed by atoms with Crippen LogP contribution < -0.4 is 0 Å². The highest BCUT2D eigenvalue weighted by Crippen LogP contribution is 1.89. The quantitative estimate of drug-likeness (QED) is 0.399. The molecule has 0 saturated heterocycles. The molecule has 0 rings (SSSR count). The molecule has 2 nitrogen and oxygen atoms in total. The van der Waals surface area contributed by atoms with E-state index in [9.17, 15) is 4.79 Å². The SMILES string of the molecule is CCOC(=O)C/C=C/CBr. The van der Waals surface area contributed by atoms with Gasteiger partial charge in [-0.05, 0) is 6.92 Å². The third kappa shape index (κ3) is 5.82. The summed E-state index contributed by atoms with van der Waals surface area (Å²) in [7, 11) is 0. The summed E-state index contributed by atoms with van der Waals surface area (Å²) in [5, 5.41) is 0.784. The van der Waals surface area contributed by atoms with E-state index in [1.807, 2.05) is 6.08 Å². The molecular formula is C7H11BrO2. The smallest absolute Gasteiger partial charge is 0.309 e. The molecule has 0 amide bonds. The van der Waals surface area contributed by atoms with Gasteiger partial charge in [-0.1, -0.05) is 28.1 Å². The summed E-state index contributed by atoms with van der Waals surface area (Å²) in [6.45, 7) is 2.26. The van der Waals surface area contributed by atoms with E-state index < -0.39 is 0 Å². The van der Waals surface area contributed by atoms with Gasteiger partial charge in [-0.15, -0.1) is 0 Å². The fourth-order valence-electron chi connectivity index (χ4n) is 0.462. The van der Waals surface area contributed by atoms with Crippen molar-refractivity contribution in [1.82, 2.24) is 0 Å². The molecule has 0 spiro atoms. The number of halogens is 1. The minimum Gasteiger partial charge on any atom is -0.466 e. The summed E-state index contributed by atoms with van der Waals surface area (Å²) < 4.78 is 4.68. The van der Waals surface area contributed by atoms with Gasteiger partial charge in [0.25, 0.3) is 0 Å². The topological polar surface area (TPSA) is 26.3 Å². The summed E-state index contributed by atoms with van der Waals surface area (Å²) in [6.07, 6.45) is 4.03. The summed E-state index contributed by atoms with van der Waals surface area (Å²) in [5.41, 5.74) is 0. The van der Waals surface area contributed by atoms with Crippen molar-refractivity contribution >= 4 is 21.9 Å². The Morgan fingerprint density at radius 2 is 2.30 bits per heavy atom. The maximum Gasteiger partial charge on any atom is 0.309 e. The molecule has 3 heteroatoms. The Balaban J connectivity index is 3.30. The zero-order valence-corrected chi connectivity index (χ0v) is 7.56. The highest BCUT2D eigenvalue weighted by atomic mass is 79.9. The molecule has 0 aromatic rings. The average Bonchev–Trinajstić information content (AvgIpc) is 1.89. The Kier molecular flexibility index (Phi) is 6.59. The minimum atomic E-state index is -0.167. The van der Waals surface area contributed by atoms with Crippen molar-refractivity contribution in [3.63, 3.8) is 0 Å². The van der Waals surface area contributed by atoms with Gasteiger partial charge in [0.05, 0.1) is 13.0 Å². The van der Waals surface area contributed by atoms with Gasteiger partial charge in [0.2, 0.25) is 0 Å². The van der Waals surface area contributed by atoms with E-state index in [0.29, 0.717) is 13.0 Å². The first-order valence-corrected chi connectivity index (χ1v) is 4.30. The van der Waals surface area contributed by atoms with E-state index in [1.54, 1.807) is 13.0 Å². The number of alkyl halides is 1. The number of esters is 1. The van der Waals surface area contributed by atoms with Crippen molar-refractivity contribution in [2.75, 3.05) is 11.9 Å². The number of hydrogen-bond donors (Lipinski definition) is 0. The second-order valence-corrected chi connectivity index (χ2v) is 2.28. The lowest BCUT2D eigenvalue weighted by molar-refractivity contribution is -0.142. The molecule has 0 unspecified atom stereocenters. The maximum atomic E-state index is 10.6. The number of ether oxygens (including phenoxy) is 1. The Labute approximate surface area is 69.4 Å². The molecule has 0 saturated carbocycles. The third-order valence-corrected chi connectivity index (χ3v) is 1.22. The number of carbonyl (C=O) groups is 1. The van der Waals surface area contributed by atoms with Gasteiger partial charge in [-0.2, -0.15) is 0 Å². The van der Waals surface area contributed by atoms with E-state index in [1.165, 1.54) is 0 Å². The molecule has 0 aromatic heterocycles. The fraction of sp³-hybridized carbons (Fsp3) is 0.571. The Morgan fingerprint density at radius 3 is 2.80 bits per heavy atom. The van der Waals surface area contributed by atoms with Crippen LogP contribution in [0.5, 0.6) is 0 Å². The standard InChI is InChI=1S/C7H11BrO2/c1-2-10-7(9)5-3-4-6-8/h3-4H,2,5-6H2,1H3/b4-3+. The molecule has 0 N–H and O–H groups in total. The predicted octanol–water partition coefficient (Wildman–Crippen LogP) is 1.89. The van der Waals surface area contributed by atoms with Gasteiger partial charge in [-0.3, -0.25) is 4.79 Å². The summed E-state index contributed by atoms with van der Waals surface area (Å²) in [4.78, 5) is 10.6. The largest absolute Gasteiger partial charge is 0.466 e. The van der Waals surface area contributed by atoms with Gasteiger partial charge in [-0.25, -0.2) is 0 Å². The van der Waals surface area contributed by atoms with Gasteiger partial charge in [0.1, 0.15) is 0 Å². The van der Waals surface area contributed by atoms with E-state index in [-0.39, 0.29) is 5.97 Å². The zero-order valence-electron chi connectivity index (χ0n) is 5.97. The zero-order chi connectivity index (χ0) is 7.82. The van der Waals surface area contributed by atoms with Crippen molar-refractivity contribution in [2.45, 2.75) is 13.3 Å². The van der Waals surface area contributed by atoms with Gasteiger partial charge in [0, 0.05) is 5.33 Å². The third-order valence-electron chi connectivity index (χ3n) is 0.846. The van der Waals surface area contributed by atoms with Crippen LogP contribution in [0.3, 0.4) is 0 Å². The maximum absolute atomic E-state index is 10.6. The molecule has 0 atom stereocenters. The molecule has 58 valence electrons. The van der Waals surface area contributed by atoms with E-state index in [2.05, 4.69) is 20.7 Å². The van der Waals surface area contributed by atoms with Crippen LogP contribution in [0.15, 0.2) is 12.2 Å². The Hall–Kier alpha value is -0.310. The molecule has 0 aliphatic heterocycles. The number of hydrogen-bond acceptors (Lipinski definition) is 2. The number of carbonyl (C=O) groups excluding carboxylic acids is 1. The van der Waals surface area contributed by atoms with Crippen molar-refractivity contribution in [1.29, 1.82) is 0 Å². The molecule has 0 aromatic carbocycles. The molecule has 10 heavy (non-hydrogen) atoms. The van der Waals surface area contributed by atoms with Crippen LogP contribution in [0.25, 0.3) is 0 Å². The van der Waals surface area contributed by atoms with E-state index in [4.69, 9.17) is 0 Å². The second kappa shape index (κ2) is 6.81. The highest BCUT2D eigenvalue weighted by Gasteiger charge is 1.94. The number of allylic oxidation sites excluding steroid dienone is 1. The molecule has 0 heterocycles. The molecule has 0 fully saturated rings. The Morgan fingerprint density at radius 1 is 1.60 bits per heavy atom. The van der Waals surface area contributed by atoms with Crippen molar-refractivity contribution in [2.24, 2.45) is 0 Å². The van der Waals surface area contributed by atoms with Crippen LogP contribution in [-0.2, 0) is 9.53 Å². The highest BCUT2D eigenvalue weighted by molar-refractivity contribution is 9.09. The first-order valence-electron chi connectivity index (χ1n) is 3.17. The first-order chi connectivity index (χ1) is 4.81. The van der Waals surface area contributed by atoms with Crippen LogP contribution in [0.4, 0.5) is 0 Å². The van der Waals surface area contributed by atoms with Crippen LogP contribution >= 0.6 is 15.9 Å². The summed E-state index contributed by atoms with van der Waals surface area (Å²) in [5.74, 6) is -0.167. The van der Waals surface area contributed by atoms with Gasteiger partial charge in [0.15, 0.2) is 0 Å². The predicted molar refractivity (Wildman–Crippen MR) is 44.2 cm³/mol. The lowest BCUT2D eigenvalue weighted by Gasteiger charge is -1.95. The molecule has 0 bridgehead atoms. The minimum absolute atomic E-state index is 0.167. The van der Waals surface area contributed by atoms with E-state index in [0.717, 1.165) is 5.33 Å². The van der Waals surface area contributed by atoms with Gasteiger partial charge >= 0.3 is 5.97 Å². The Bertz CT molecular complexity index is 121. The summed E-state index contributed by atoms with van der Waals surface area (Å²) in [6, 6.07) is 0. The van der Waals surface area contributed by atoms with Crippen LogP contribution in [0.1, 0.15) is 13.3 Å². The second-order valence-electron chi connectivity index (χ2n) is 1.63. The van der Waals surface area contributed by atoms with Gasteiger partial charge < -0.3 is 4.74 Å². The lowest BCUT2D eigenvalue weighted by Crippen LogP contribution is -2.01.